The standard InChI is InChI=1S/C22H25FN2O2/c1-24-14-18-6-4-3-5-17(18)13-20(24)15-25(2)22(27)12-11-21(26)16-7-9-19(23)10-8-16/h3-10,20H,11-15H2,1-2H3. The Bertz CT molecular complexity index is 819. The number of benzene rings is 2. The van der Waals surface area contributed by atoms with Crippen molar-refractivity contribution in [1.82, 2.24) is 9.80 Å². The van der Waals surface area contributed by atoms with Gasteiger partial charge in [-0.3, -0.25) is 14.5 Å². The maximum Gasteiger partial charge on any atom is 0.222 e. The van der Waals surface area contributed by atoms with Crippen molar-refractivity contribution >= 4 is 11.7 Å². The van der Waals surface area contributed by atoms with Crippen LogP contribution in [0.4, 0.5) is 4.39 Å². The average Bonchev–Trinajstić information content (AvgIpc) is 2.66. The van der Waals surface area contributed by atoms with E-state index in [2.05, 4.69) is 36.2 Å². The molecule has 1 atom stereocenters. The Kier molecular flexibility index (Phi) is 6.01. The molecule has 3 rings (SSSR count). The van der Waals surface area contributed by atoms with E-state index in [1.807, 2.05) is 0 Å². The Morgan fingerprint density at radius 1 is 1.07 bits per heavy atom. The van der Waals surface area contributed by atoms with Gasteiger partial charge >= 0.3 is 0 Å². The molecule has 142 valence electrons. The fourth-order valence-corrected chi connectivity index (χ4v) is 3.53. The van der Waals surface area contributed by atoms with Gasteiger partial charge in [-0.05, 0) is 48.9 Å². The molecule has 0 N–H and O–H groups in total. The summed E-state index contributed by atoms with van der Waals surface area (Å²) in [7, 11) is 3.87. The third kappa shape index (κ3) is 4.80. The number of nitrogens with zero attached hydrogens (tertiary/aromatic N) is 2. The van der Waals surface area contributed by atoms with Crippen molar-refractivity contribution in [2.45, 2.75) is 31.8 Å². The van der Waals surface area contributed by atoms with Crippen LogP contribution in [0.3, 0.4) is 0 Å². The smallest absolute Gasteiger partial charge is 0.222 e. The minimum atomic E-state index is -0.375. The van der Waals surface area contributed by atoms with Crippen molar-refractivity contribution in [1.29, 1.82) is 0 Å². The summed E-state index contributed by atoms with van der Waals surface area (Å²) in [6.45, 7) is 1.51. The van der Waals surface area contributed by atoms with Crippen molar-refractivity contribution in [2.24, 2.45) is 0 Å². The molecule has 5 heteroatoms. The summed E-state index contributed by atoms with van der Waals surface area (Å²) in [5, 5.41) is 0. The fraction of sp³-hybridized carbons (Fsp3) is 0.364. The van der Waals surface area contributed by atoms with Crippen LogP contribution < -0.4 is 0 Å². The summed E-state index contributed by atoms with van der Waals surface area (Å²) in [6, 6.07) is 14.1. The molecule has 4 nitrogen and oxygen atoms in total. The average molecular weight is 368 g/mol. The topological polar surface area (TPSA) is 40.6 Å². The second kappa shape index (κ2) is 8.44. The Hall–Kier alpha value is -2.53. The van der Waals surface area contributed by atoms with E-state index >= 15 is 0 Å². The number of carbonyl (C=O) groups is 2. The highest BCUT2D eigenvalue weighted by molar-refractivity contribution is 5.97. The maximum atomic E-state index is 12.9. The molecule has 0 radical (unpaired) electrons. The zero-order chi connectivity index (χ0) is 19.4. The Morgan fingerprint density at radius 2 is 1.74 bits per heavy atom. The highest BCUT2D eigenvalue weighted by Crippen LogP contribution is 2.22. The van der Waals surface area contributed by atoms with Gasteiger partial charge in [-0.1, -0.05) is 24.3 Å². The molecular formula is C22H25FN2O2. The fourth-order valence-electron chi connectivity index (χ4n) is 3.53. The van der Waals surface area contributed by atoms with Gasteiger partial charge in [0.15, 0.2) is 5.78 Å². The second-order valence-corrected chi connectivity index (χ2v) is 7.25. The zero-order valence-electron chi connectivity index (χ0n) is 15.8. The van der Waals surface area contributed by atoms with E-state index in [-0.39, 0.29) is 36.4 Å². The minimum Gasteiger partial charge on any atom is -0.344 e. The molecule has 0 bridgehead atoms. The number of carbonyl (C=O) groups excluding carboxylic acids is 2. The Labute approximate surface area is 159 Å². The summed E-state index contributed by atoms with van der Waals surface area (Å²) in [4.78, 5) is 28.6. The van der Waals surface area contributed by atoms with E-state index in [1.165, 1.54) is 35.4 Å². The van der Waals surface area contributed by atoms with Crippen LogP contribution in [0.25, 0.3) is 0 Å². The molecule has 0 aromatic heterocycles. The molecule has 2 aromatic carbocycles. The molecule has 1 aliphatic rings. The number of hydrogen-bond acceptors (Lipinski definition) is 3. The van der Waals surface area contributed by atoms with Crippen molar-refractivity contribution in [3.8, 4) is 0 Å². The van der Waals surface area contributed by atoms with Crippen LogP contribution in [0.2, 0.25) is 0 Å². The van der Waals surface area contributed by atoms with Crippen molar-refractivity contribution in [2.75, 3.05) is 20.6 Å². The van der Waals surface area contributed by atoms with Crippen LogP contribution >= 0.6 is 0 Å². The lowest BCUT2D eigenvalue weighted by molar-refractivity contribution is -0.130. The zero-order valence-corrected chi connectivity index (χ0v) is 15.8. The third-order valence-electron chi connectivity index (χ3n) is 5.26. The predicted octanol–water partition coefficient (Wildman–Crippen LogP) is 3.30. The lowest BCUT2D eigenvalue weighted by atomic mass is 9.94. The highest BCUT2D eigenvalue weighted by atomic mass is 19.1. The molecule has 27 heavy (non-hydrogen) atoms. The summed E-state index contributed by atoms with van der Waals surface area (Å²) in [5.41, 5.74) is 3.12. The van der Waals surface area contributed by atoms with Crippen LogP contribution in [-0.4, -0.2) is 48.2 Å². The maximum absolute atomic E-state index is 12.9. The predicted molar refractivity (Wildman–Crippen MR) is 103 cm³/mol. The lowest BCUT2D eigenvalue weighted by Gasteiger charge is -2.36. The van der Waals surface area contributed by atoms with Crippen molar-refractivity contribution in [3.05, 3.63) is 71.0 Å². The Balaban J connectivity index is 1.52. The first-order valence-corrected chi connectivity index (χ1v) is 9.24. The minimum absolute atomic E-state index is 0.0438. The summed E-state index contributed by atoms with van der Waals surface area (Å²) < 4.78 is 12.9. The summed E-state index contributed by atoms with van der Waals surface area (Å²) in [6.07, 6.45) is 1.22. The summed E-state index contributed by atoms with van der Waals surface area (Å²) >= 11 is 0. The molecule has 0 saturated carbocycles. The first-order chi connectivity index (χ1) is 12.9. The van der Waals surface area contributed by atoms with Crippen LogP contribution in [0.15, 0.2) is 48.5 Å². The van der Waals surface area contributed by atoms with Gasteiger partial charge in [-0.25, -0.2) is 4.39 Å². The number of hydrogen-bond donors (Lipinski definition) is 0. The van der Waals surface area contributed by atoms with E-state index in [4.69, 9.17) is 0 Å². The lowest BCUT2D eigenvalue weighted by Crippen LogP contribution is -2.46. The number of amides is 1. The van der Waals surface area contributed by atoms with Gasteiger partial charge in [0.25, 0.3) is 0 Å². The molecule has 0 spiro atoms. The molecule has 1 unspecified atom stereocenters. The number of halogens is 1. The molecule has 1 amide bonds. The van der Waals surface area contributed by atoms with Gasteiger partial charge in [0, 0.05) is 44.6 Å². The molecule has 1 heterocycles. The van der Waals surface area contributed by atoms with E-state index in [0.717, 1.165) is 13.0 Å². The highest BCUT2D eigenvalue weighted by Gasteiger charge is 2.25. The van der Waals surface area contributed by atoms with E-state index in [0.29, 0.717) is 12.1 Å². The first kappa shape index (κ1) is 19.2. The van der Waals surface area contributed by atoms with Gasteiger partial charge in [-0.2, -0.15) is 0 Å². The SMILES string of the molecule is CN(CC1Cc2ccccc2CN1C)C(=O)CCC(=O)c1ccc(F)cc1. The van der Waals surface area contributed by atoms with E-state index < -0.39 is 0 Å². The number of Topliss-reactive ketones (excluding diaryl/α,β-unsaturated/α-hetero) is 1. The second-order valence-electron chi connectivity index (χ2n) is 7.25. The van der Waals surface area contributed by atoms with Gasteiger partial charge in [-0.15, -0.1) is 0 Å². The molecule has 1 aliphatic heterocycles. The van der Waals surface area contributed by atoms with Gasteiger partial charge in [0.2, 0.25) is 5.91 Å². The molecular weight excluding hydrogens is 343 g/mol. The monoisotopic (exact) mass is 368 g/mol. The van der Waals surface area contributed by atoms with Gasteiger partial charge in [0.05, 0.1) is 0 Å². The number of fused-ring (bicyclic) bond motifs is 1. The van der Waals surface area contributed by atoms with Crippen LogP contribution in [0, 0.1) is 5.82 Å². The first-order valence-electron chi connectivity index (χ1n) is 9.24. The number of likely N-dealkylation sites (N-methyl/N-ethyl adjacent to an activating group) is 2. The third-order valence-corrected chi connectivity index (χ3v) is 5.26. The number of rotatable bonds is 6. The summed E-state index contributed by atoms with van der Waals surface area (Å²) in [5.74, 6) is -0.557. The molecule has 0 aliphatic carbocycles. The molecule has 0 saturated heterocycles. The normalized spacial score (nSPS) is 16.6. The quantitative estimate of drug-likeness (QED) is 0.735. The van der Waals surface area contributed by atoms with Crippen LogP contribution in [0.1, 0.15) is 34.3 Å². The van der Waals surface area contributed by atoms with Crippen LogP contribution in [0.5, 0.6) is 0 Å². The van der Waals surface area contributed by atoms with E-state index in [1.54, 1.807) is 11.9 Å². The molecule has 0 fully saturated rings. The number of ketones is 1. The van der Waals surface area contributed by atoms with Crippen molar-refractivity contribution in [3.63, 3.8) is 0 Å². The van der Waals surface area contributed by atoms with Gasteiger partial charge in [0.1, 0.15) is 5.82 Å². The molecule has 2 aromatic rings. The van der Waals surface area contributed by atoms with Crippen molar-refractivity contribution < 1.29 is 14.0 Å². The van der Waals surface area contributed by atoms with Gasteiger partial charge < -0.3 is 4.90 Å². The largest absolute Gasteiger partial charge is 0.344 e. The van der Waals surface area contributed by atoms with Crippen LogP contribution in [-0.2, 0) is 17.8 Å². The Morgan fingerprint density at radius 3 is 2.44 bits per heavy atom. The van der Waals surface area contributed by atoms with E-state index in [9.17, 15) is 14.0 Å².